The Morgan fingerprint density at radius 3 is 2.66 bits per heavy atom. The molecule has 1 aliphatic heterocycles. The monoisotopic (exact) mass is 387 g/mol. The average Bonchev–Trinajstić information content (AvgIpc) is 3.05. The second-order valence-electron chi connectivity index (χ2n) is 7.36. The molecular weight excluding hydrogens is 362 g/mol. The van der Waals surface area contributed by atoms with Gasteiger partial charge in [0.05, 0.1) is 6.54 Å². The summed E-state index contributed by atoms with van der Waals surface area (Å²) in [5.41, 5.74) is 4.02. The Morgan fingerprint density at radius 1 is 1.14 bits per heavy atom. The lowest BCUT2D eigenvalue weighted by molar-refractivity contribution is 0.0787. The van der Waals surface area contributed by atoms with Crippen LogP contribution in [0.1, 0.15) is 46.9 Å². The highest BCUT2D eigenvalue weighted by atomic mass is 16.5. The van der Waals surface area contributed by atoms with E-state index >= 15 is 0 Å². The van der Waals surface area contributed by atoms with Crippen molar-refractivity contribution < 1.29 is 9.53 Å². The summed E-state index contributed by atoms with van der Waals surface area (Å²) in [5, 5.41) is 3.47. The van der Waals surface area contributed by atoms with Crippen LogP contribution in [0.15, 0.2) is 60.8 Å². The van der Waals surface area contributed by atoms with E-state index in [1.807, 2.05) is 55.1 Å². The molecule has 1 aliphatic rings. The molecule has 1 amide bonds. The van der Waals surface area contributed by atoms with Crippen LogP contribution in [0.5, 0.6) is 11.5 Å². The van der Waals surface area contributed by atoms with E-state index in [0.29, 0.717) is 13.1 Å². The third kappa shape index (κ3) is 3.94. The van der Waals surface area contributed by atoms with Crippen LogP contribution in [-0.4, -0.2) is 22.3 Å². The van der Waals surface area contributed by atoms with E-state index < -0.39 is 0 Å². The predicted octanol–water partition coefficient (Wildman–Crippen LogP) is 5.33. The third-order valence-corrected chi connectivity index (χ3v) is 5.26. The van der Waals surface area contributed by atoms with Gasteiger partial charge >= 0.3 is 0 Å². The van der Waals surface area contributed by atoms with Gasteiger partial charge in [-0.2, -0.15) is 0 Å². The van der Waals surface area contributed by atoms with Gasteiger partial charge in [0.25, 0.3) is 5.91 Å². The number of nitrogens with zero attached hydrogens (tertiary/aromatic N) is 2. The van der Waals surface area contributed by atoms with Gasteiger partial charge in [-0.3, -0.25) is 4.79 Å². The van der Waals surface area contributed by atoms with E-state index in [4.69, 9.17) is 4.74 Å². The lowest BCUT2D eigenvalue weighted by Crippen LogP contribution is -2.22. The maximum absolute atomic E-state index is 12.4. The minimum atomic E-state index is 0.0489. The van der Waals surface area contributed by atoms with Crippen LogP contribution >= 0.6 is 0 Å². The fourth-order valence-electron chi connectivity index (χ4n) is 3.59. The number of amides is 1. The van der Waals surface area contributed by atoms with Crippen LogP contribution in [0.3, 0.4) is 0 Å². The zero-order chi connectivity index (χ0) is 20.4. The lowest BCUT2D eigenvalue weighted by atomic mass is 10.1. The molecule has 0 saturated carbocycles. The molecule has 1 atom stereocenters. The second kappa shape index (κ2) is 7.95. The number of carbonyl (C=O) groups excluding carboxylic acids is 1. The molecule has 29 heavy (non-hydrogen) atoms. The molecule has 1 aromatic heterocycles. The molecule has 5 nitrogen and oxygen atoms in total. The third-order valence-electron chi connectivity index (χ3n) is 5.26. The first-order valence-corrected chi connectivity index (χ1v) is 9.93. The summed E-state index contributed by atoms with van der Waals surface area (Å²) in [6, 6.07) is 17.9. The second-order valence-corrected chi connectivity index (χ2v) is 7.36. The molecule has 1 unspecified atom stereocenters. The summed E-state index contributed by atoms with van der Waals surface area (Å²) >= 11 is 0. The minimum Gasteiger partial charge on any atom is -0.457 e. The molecule has 0 spiro atoms. The number of anilines is 1. The van der Waals surface area contributed by atoms with Gasteiger partial charge in [-0.25, -0.2) is 4.98 Å². The Morgan fingerprint density at radius 2 is 1.93 bits per heavy atom. The first-order chi connectivity index (χ1) is 14.0. The van der Waals surface area contributed by atoms with Crippen molar-refractivity contribution in [3.05, 3.63) is 83.0 Å². The Hall–Kier alpha value is -3.34. The SMILES string of the molecule is CCN1Cc2c(ccnc2NC(C)c2ccc(Oc3cccc(C)c3)cc2)C1=O. The van der Waals surface area contributed by atoms with Gasteiger partial charge in [-0.15, -0.1) is 0 Å². The molecule has 148 valence electrons. The molecular formula is C24H25N3O2. The normalized spacial score (nSPS) is 13.9. The maximum Gasteiger partial charge on any atom is 0.254 e. The summed E-state index contributed by atoms with van der Waals surface area (Å²) in [6.07, 6.45) is 1.70. The Balaban J connectivity index is 1.47. The van der Waals surface area contributed by atoms with Gasteiger partial charge in [0.1, 0.15) is 17.3 Å². The van der Waals surface area contributed by atoms with Gasteiger partial charge in [0.2, 0.25) is 0 Å². The quantitative estimate of drug-likeness (QED) is 0.621. The number of benzene rings is 2. The number of fused-ring (bicyclic) bond motifs is 1. The first-order valence-electron chi connectivity index (χ1n) is 9.93. The van der Waals surface area contributed by atoms with Gasteiger partial charge < -0.3 is 15.0 Å². The van der Waals surface area contributed by atoms with Gasteiger partial charge in [0, 0.05) is 29.9 Å². The van der Waals surface area contributed by atoms with Crippen molar-refractivity contribution in [2.75, 3.05) is 11.9 Å². The van der Waals surface area contributed by atoms with Crippen molar-refractivity contribution in [1.82, 2.24) is 9.88 Å². The van der Waals surface area contributed by atoms with Crippen molar-refractivity contribution >= 4 is 11.7 Å². The molecule has 0 radical (unpaired) electrons. The number of carbonyl (C=O) groups is 1. The van der Waals surface area contributed by atoms with Crippen molar-refractivity contribution in [2.45, 2.75) is 33.4 Å². The van der Waals surface area contributed by atoms with Crippen LogP contribution in [0.4, 0.5) is 5.82 Å². The molecule has 0 saturated heterocycles. The van der Waals surface area contributed by atoms with E-state index in [1.54, 1.807) is 12.3 Å². The highest BCUT2D eigenvalue weighted by Crippen LogP contribution is 2.30. The molecule has 3 aromatic rings. The highest BCUT2D eigenvalue weighted by Gasteiger charge is 2.29. The van der Waals surface area contributed by atoms with E-state index in [-0.39, 0.29) is 11.9 Å². The van der Waals surface area contributed by atoms with Crippen LogP contribution in [0.2, 0.25) is 0 Å². The number of pyridine rings is 1. The summed E-state index contributed by atoms with van der Waals surface area (Å²) in [7, 11) is 0. The highest BCUT2D eigenvalue weighted by molar-refractivity contribution is 5.99. The Labute approximate surface area is 171 Å². The van der Waals surface area contributed by atoms with Crippen LogP contribution < -0.4 is 10.1 Å². The summed E-state index contributed by atoms with van der Waals surface area (Å²) in [4.78, 5) is 18.7. The van der Waals surface area contributed by atoms with Gasteiger partial charge in [-0.05, 0) is 62.2 Å². The molecule has 1 N–H and O–H groups in total. The fraction of sp³-hybridized carbons (Fsp3) is 0.250. The van der Waals surface area contributed by atoms with E-state index in [9.17, 15) is 4.79 Å². The number of aryl methyl sites for hydroxylation is 1. The van der Waals surface area contributed by atoms with Crippen LogP contribution in [0, 0.1) is 6.92 Å². The summed E-state index contributed by atoms with van der Waals surface area (Å²) in [6.45, 7) is 7.44. The molecule has 5 heteroatoms. The smallest absolute Gasteiger partial charge is 0.254 e. The topological polar surface area (TPSA) is 54.5 Å². The molecule has 4 rings (SSSR count). The van der Waals surface area contributed by atoms with Crippen LogP contribution in [-0.2, 0) is 6.54 Å². The molecule has 2 aromatic carbocycles. The van der Waals surface area contributed by atoms with Gasteiger partial charge in [0.15, 0.2) is 0 Å². The number of aromatic nitrogens is 1. The van der Waals surface area contributed by atoms with Gasteiger partial charge in [-0.1, -0.05) is 24.3 Å². The summed E-state index contributed by atoms with van der Waals surface area (Å²) < 4.78 is 5.93. The molecule has 0 aliphatic carbocycles. The maximum atomic E-state index is 12.4. The number of hydrogen-bond donors (Lipinski definition) is 1. The number of ether oxygens (including phenoxy) is 1. The Kier molecular flexibility index (Phi) is 5.21. The predicted molar refractivity (Wildman–Crippen MR) is 114 cm³/mol. The standard InChI is InChI=1S/C24H25N3O2/c1-4-27-15-22-21(24(27)28)12-13-25-23(22)26-17(3)18-8-10-19(11-9-18)29-20-7-5-6-16(2)14-20/h5-14,17H,4,15H2,1-3H3,(H,25,26). The average molecular weight is 387 g/mol. The molecule has 2 heterocycles. The fourth-order valence-corrected chi connectivity index (χ4v) is 3.59. The minimum absolute atomic E-state index is 0.0489. The van der Waals surface area contributed by atoms with Crippen molar-refractivity contribution in [3.8, 4) is 11.5 Å². The van der Waals surface area contributed by atoms with Crippen LogP contribution in [0.25, 0.3) is 0 Å². The first kappa shape index (κ1) is 19.0. The zero-order valence-corrected chi connectivity index (χ0v) is 17.0. The molecule has 0 bridgehead atoms. The van der Waals surface area contributed by atoms with Crippen molar-refractivity contribution in [1.29, 1.82) is 0 Å². The van der Waals surface area contributed by atoms with E-state index in [0.717, 1.165) is 34.0 Å². The zero-order valence-electron chi connectivity index (χ0n) is 17.0. The Bertz CT molecular complexity index is 1030. The lowest BCUT2D eigenvalue weighted by Gasteiger charge is -2.18. The van der Waals surface area contributed by atoms with E-state index in [1.165, 1.54) is 5.56 Å². The summed E-state index contributed by atoms with van der Waals surface area (Å²) in [5.74, 6) is 2.49. The van der Waals surface area contributed by atoms with Crippen molar-refractivity contribution in [2.24, 2.45) is 0 Å². The number of hydrogen-bond acceptors (Lipinski definition) is 4. The number of nitrogens with one attached hydrogen (secondary N) is 1. The number of rotatable bonds is 6. The largest absolute Gasteiger partial charge is 0.457 e. The van der Waals surface area contributed by atoms with E-state index in [2.05, 4.69) is 29.4 Å². The molecule has 0 fully saturated rings. The van der Waals surface area contributed by atoms with Crippen molar-refractivity contribution in [3.63, 3.8) is 0 Å².